The molecule has 0 atom stereocenters. The molecule has 1 aliphatic rings. The number of aliphatic hydroxyl groups is 1. The highest BCUT2D eigenvalue weighted by Gasteiger charge is 2.21. The Morgan fingerprint density at radius 2 is 1.80 bits per heavy atom. The second-order valence-electron chi connectivity index (χ2n) is 9.53. The predicted molar refractivity (Wildman–Crippen MR) is 160 cm³/mol. The molecule has 2 N–H and O–H groups in total. The first kappa shape index (κ1) is 30.0. The van der Waals surface area contributed by atoms with E-state index in [0.29, 0.717) is 0 Å². The predicted octanol–water partition coefficient (Wildman–Crippen LogP) is 6.06. The van der Waals surface area contributed by atoms with Crippen molar-refractivity contribution in [3.63, 3.8) is 0 Å². The lowest BCUT2D eigenvalue weighted by atomic mass is 9.92. The summed E-state index contributed by atoms with van der Waals surface area (Å²) in [6.45, 7) is 2.17. The highest BCUT2D eigenvalue weighted by Crippen LogP contribution is 2.40. The largest absolute Gasteiger partial charge is 0.395 e. The van der Waals surface area contributed by atoms with E-state index in [-0.39, 0.29) is 34.7 Å². The molecule has 0 unspecified atom stereocenters. The molecule has 0 fully saturated rings. The second kappa shape index (κ2) is 13.1. The minimum Gasteiger partial charge on any atom is -0.395 e. The summed E-state index contributed by atoms with van der Waals surface area (Å²) in [6, 6.07) is 15.6. The van der Waals surface area contributed by atoms with Gasteiger partial charge in [0, 0.05) is 54.9 Å². The normalized spacial score (nSPS) is 14.0. The number of hydrogen-bond donors (Lipinski definition) is 2. The van der Waals surface area contributed by atoms with E-state index in [2.05, 4.69) is 20.9 Å². The molecule has 4 aromatic rings. The molecule has 10 heteroatoms. The zero-order valence-corrected chi connectivity index (χ0v) is 24.1. The van der Waals surface area contributed by atoms with E-state index in [1.54, 1.807) is 36.7 Å². The van der Waals surface area contributed by atoms with Crippen LogP contribution in [0.1, 0.15) is 17.5 Å². The Labute approximate surface area is 244 Å². The Hall–Kier alpha value is -3.01. The molecule has 2 aromatic heterocycles. The van der Waals surface area contributed by atoms with Crippen LogP contribution in [0.25, 0.3) is 28.0 Å². The number of pyridine rings is 1. The van der Waals surface area contributed by atoms with Gasteiger partial charge in [-0.2, -0.15) is 0 Å². The van der Waals surface area contributed by atoms with Gasteiger partial charge >= 0.3 is 0 Å². The second-order valence-corrected chi connectivity index (χ2v) is 12.0. The standard InChI is InChI=1S/C30H29ClFN3O3S.ClH/c31-27-19-24(3-6-28(27)32)30-29(23-7-12-33-13-8-23)26(20-34-30)22-10-15-35(16-11-22)14-9-21-1-4-25(5-2-21)39(37,38)18-17-36;/h1-8,10,12-13,19-20,34,36H,9,11,14-18H2;1H. The van der Waals surface area contributed by atoms with Crippen molar-refractivity contribution in [1.82, 2.24) is 14.9 Å². The van der Waals surface area contributed by atoms with Gasteiger partial charge in [0.1, 0.15) is 5.82 Å². The van der Waals surface area contributed by atoms with Crippen molar-refractivity contribution in [3.8, 4) is 22.4 Å². The van der Waals surface area contributed by atoms with Gasteiger partial charge in [0.2, 0.25) is 0 Å². The Morgan fingerprint density at radius 3 is 2.45 bits per heavy atom. The van der Waals surface area contributed by atoms with E-state index in [4.69, 9.17) is 16.7 Å². The van der Waals surface area contributed by atoms with E-state index in [0.717, 1.165) is 66.0 Å². The van der Waals surface area contributed by atoms with Crippen LogP contribution in [0.3, 0.4) is 0 Å². The van der Waals surface area contributed by atoms with E-state index >= 15 is 0 Å². The van der Waals surface area contributed by atoms with Crippen molar-refractivity contribution in [3.05, 3.63) is 101 Å². The van der Waals surface area contributed by atoms with Crippen LogP contribution < -0.4 is 0 Å². The Kier molecular flexibility index (Phi) is 9.81. The van der Waals surface area contributed by atoms with E-state index in [1.165, 1.54) is 11.6 Å². The molecule has 0 spiro atoms. The number of hydrogen-bond acceptors (Lipinski definition) is 5. The number of benzene rings is 2. The molecule has 210 valence electrons. The number of halogens is 3. The zero-order valence-electron chi connectivity index (χ0n) is 21.7. The fourth-order valence-electron chi connectivity index (χ4n) is 4.92. The maximum atomic E-state index is 13.8. The third-order valence-electron chi connectivity index (χ3n) is 7.06. The van der Waals surface area contributed by atoms with Crippen LogP contribution in [0, 0.1) is 5.82 Å². The number of aromatic amines is 1. The molecular formula is C30H30Cl2FN3O3S. The summed E-state index contributed by atoms with van der Waals surface area (Å²) in [5.41, 5.74) is 7.17. The lowest BCUT2D eigenvalue weighted by molar-refractivity contribution is 0.306. The van der Waals surface area contributed by atoms with Crippen LogP contribution >= 0.6 is 24.0 Å². The molecule has 6 nitrogen and oxygen atoms in total. The van der Waals surface area contributed by atoms with Gasteiger partial charge in [-0.05, 0) is 72.0 Å². The smallest absolute Gasteiger partial charge is 0.180 e. The van der Waals surface area contributed by atoms with Gasteiger partial charge in [-0.3, -0.25) is 9.88 Å². The number of aliphatic hydroxyl groups excluding tert-OH is 1. The molecule has 0 bridgehead atoms. The lowest BCUT2D eigenvalue weighted by Gasteiger charge is -2.26. The number of nitrogens with zero attached hydrogens (tertiary/aromatic N) is 2. The SMILES string of the molecule is Cl.O=S(=O)(CCO)c1ccc(CCN2CC=C(c3c[nH]c(-c4ccc(F)c(Cl)c4)c3-c3ccncc3)CC2)cc1. The molecule has 0 radical (unpaired) electrons. The fraction of sp³-hybridized carbons (Fsp3) is 0.233. The van der Waals surface area contributed by atoms with Gasteiger partial charge in [0.15, 0.2) is 9.84 Å². The Balaban J connectivity index is 0.00000370. The monoisotopic (exact) mass is 601 g/mol. The average Bonchev–Trinajstić information content (AvgIpc) is 3.40. The third kappa shape index (κ3) is 6.65. The first-order valence-electron chi connectivity index (χ1n) is 12.8. The third-order valence-corrected chi connectivity index (χ3v) is 9.06. The quantitative estimate of drug-likeness (QED) is 0.244. The molecule has 40 heavy (non-hydrogen) atoms. The Bertz CT molecular complexity index is 1590. The van der Waals surface area contributed by atoms with Crippen molar-refractivity contribution in [2.24, 2.45) is 0 Å². The highest BCUT2D eigenvalue weighted by molar-refractivity contribution is 7.91. The average molecular weight is 603 g/mol. The minimum absolute atomic E-state index is 0. The van der Waals surface area contributed by atoms with Gasteiger partial charge in [-0.1, -0.05) is 29.8 Å². The van der Waals surface area contributed by atoms with Gasteiger partial charge in [-0.25, -0.2) is 12.8 Å². The van der Waals surface area contributed by atoms with Crippen LogP contribution in [-0.4, -0.2) is 60.4 Å². The Morgan fingerprint density at radius 1 is 1.05 bits per heavy atom. The highest BCUT2D eigenvalue weighted by atomic mass is 35.5. The molecule has 0 aliphatic carbocycles. The molecule has 5 rings (SSSR count). The van der Waals surface area contributed by atoms with Gasteiger partial charge in [-0.15, -0.1) is 12.4 Å². The topological polar surface area (TPSA) is 86.3 Å². The summed E-state index contributed by atoms with van der Waals surface area (Å²) >= 11 is 6.10. The van der Waals surface area contributed by atoms with Crippen molar-refractivity contribution in [2.75, 3.05) is 32.0 Å². The summed E-state index contributed by atoms with van der Waals surface area (Å²) < 4.78 is 38.1. The molecule has 2 aromatic carbocycles. The number of sulfone groups is 1. The van der Waals surface area contributed by atoms with Crippen LogP contribution in [0.2, 0.25) is 5.02 Å². The van der Waals surface area contributed by atoms with Crippen LogP contribution in [-0.2, 0) is 16.3 Å². The number of rotatable bonds is 9. The molecule has 0 amide bonds. The molecule has 3 heterocycles. The van der Waals surface area contributed by atoms with Crippen molar-refractivity contribution in [2.45, 2.75) is 17.7 Å². The fourth-order valence-corrected chi connectivity index (χ4v) is 6.13. The van der Waals surface area contributed by atoms with Crippen LogP contribution in [0.15, 0.2) is 84.2 Å². The van der Waals surface area contributed by atoms with Crippen LogP contribution in [0.5, 0.6) is 0 Å². The minimum atomic E-state index is -3.44. The van der Waals surface area contributed by atoms with Gasteiger partial charge in [0.25, 0.3) is 0 Å². The summed E-state index contributed by atoms with van der Waals surface area (Å²) in [7, 11) is -3.44. The summed E-state index contributed by atoms with van der Waals surface area (Å²) in [5.74, 6) is -0.715. The summed E-state index contributed by atoms with van der Waals surface area (Å²) in [5, 5.41) is 9.05. The van der Waals surface area contributed by atoms with E-state index in [9.17, 15) is 12.8 Å². The molecule has 0 saturated heterocycles. The van der Waals surface area contributed by atoms with Crippen molar-refractivity contribution in [1.29, 1.82) is 0 Å². The maximum Gasteiger partial charge on any atom is 0.180 e. The molecular weight excluding hydrogens is 572 g/mol. The van der Waals surface area contributed by atoms with E-state index in [1.807, 2.05) is 30.5 Å². The van der Waals surface area contributed by atoms with Crippen molar-refractivity contribution >= 4 is 39.4 Å². The molecule has 1 aliphatic heterocycles. The lowest BCUT2D eigenvalue weighted by Crippen LogP contribution is -2.30. The maximum absolute atomic E-state index is 13.8. The number of nitrogens with one attached hydrogen (secondary N) is 1. The first-order chi connectivity index (χ1) is 18.9. The van der Waals surface area contributed by atoms with Crippen molar-refractivity contribution < 1.29 is 17.9 Å². The number of aromatic nitrogens is 2. The first-order valence-corrected chi connectivity index (χ1v) is 14.8. The van der Waals surface area contributed by atoms with E-state index < -0.39 is 15.7 Å². The summed E-state index contributed by atoms with van der Waals surface area (Å²) in [4.78, 5) is 10.2. The van der Waals surface area contributed by atoms with Crippen LogP contribution in [0.4, 0.5) is 4.39 Å². The van der Waals surface area contributed by atoms with Gasteiger partial charge in [0.05, 0.1) is 28.0 Å². The van der Waals surface area contributed by atoms with Gasteiger partial charge < -0.3 is 10.1 Å². The zero-order chi connectivity index (χ0) is 27.4. The molecule has 0 saturated carbocycles. The number of H-pyrrole nitrogens is 1. The summed E-state index contributed by atoms with van der Waals surface area (Å²) in [6.07, 6.45) is 9.47.